The van der Waals surface area contributed by atoms with E-state index in [0.29, 0.717) is 5.92 Å². The fourth-order valence-electron chi connectivity index (χ4n) is 6.36. The van der Waals surface area contributed by atoms with Gasteiger partial charge in [-0.05, 0) is 142 Å². The predicted octanol–water partition coefficient (Wildman–Crippen LogP) is 12.6. The molecule has 3 nitrogen and oxygen atoms in total. The highest BCUT2D eigenvalue weighted by atomic mass is 16.4. The lowest BCUT2D eigenvalue weighted by atomic mass is 9.72. The molecule has 2 unspecified atom stereocenters. The summed E-state index contributed by atoms with van der Waals surface area (Å²) in [5, 5.41) is 10.5. The molecule has 0 saturated heterocycles. The Morgan fingerprint density at radius 1 is 0.535 bits per heavy atom. The zero-order chi connectivity index (χ0) is 31.8. The average Bonchev–Trinajstić information content (AvgIpc) is 2.98. The second-order valence-electron chi connectivity index (χ2n) is 13.4. The summed E-state index contributed by atoms with van der Waals surface area (Å²) in [6.45, 7) is 7.82. The molecule has 0 bridgehead atoms. The smallest absolute Gasteiger partial charge is 0.306 e. The third kappa shape index (κ3) is 26.7. The Labute approximate surface area is 270 Å². The molecule has 0 aromatic rings. The van der Waals surface area contributed by atoms with Gasteiger partial charge in [-0.3, -0.25) is 4.79 Å². The summed E-state index contributed by atoms with van der Waals surface area (Å²) in [6.07, 6.45) is 42.6. The molecule has 1 N–H and O–H groups in total. The van der Waals surface area contributed by atoms with Crippen LogP contribution < -0.4 is 0 Å². The lowest BCUT2D eigenvalue weighted by Gasteiger charge is -2.32. The molecular formula is C40H75NO2. The summed E-state index contributed by atoms with van der Waals surface area (Å²) < 4.78 is 0. The van der Waals surface area contributed by atoms with Crippen molar-refractivity contribution in [3.63, 3.8) is 0 Å². The van der Waals surface area contributed by atoms with Crippen LogP contribution in [-0.4, -0.2) is 36.6 Å². The SMILES string of the molecule is CCCCC/C=C\CCCC(CCC/C=C\CCCCC)C(CCC/C=C\CCCCC)C(CCCCN(C)C)C(=O)O. The maximum Gasteiger partial charge on any atom is 0.306 e. The maximum absolute atomic E-state index is 12.8. The first kappa shape index (κ1) is 41.7. The lowest BCUT2D eigenvalue weighted by molar-refractivity contribution is -0.145. The number of rotatable bonds is 32. The van der Waals surface area contributed by atoms with E-state index in [2.05, 4.69) is 76.2 Å². The van der Waals surface area contributed by atoms with E-state index in [1.807, 2.05) is 0 Å². The van der Waals surface area contributed by atoms with Crippen LogP contribution in [0.1, 0.15) is 175 Å². The highest BCUT2D eigenvalue weighted by Crippen LogP contribution is 2.37. The van der Waals surface area contributed by atoms with Crippen molar-refractivity contribution in [3.8, 4) is 0 Å². The van der Waals surface area contributed by atoms with Crippen molar-refractivity contribution in [3.05, 3.63) is 36.5 Å². The molecule has 0 aromatic carbocycles. The summed E-state index contributed by atoms with van der Waals surface area (Å²) in [5.41, 5.74) is 0. The van der Waals surface area contributed by atoms with Crippen molar-refractivity contribution in [1.82, 2.24) is 4.90 Å². The van der Waals surface area contributed by atoms with Crippen LogP contribution in [0.3, 0.4) is 0 Å². The summed E-state index contributed by atoms with van der Waals surface area (Å²) in [6, 6.07) is 0. The van der Waals surface area contributed by atoms with Gasteiger partial charge in [0.05, 0.1) is 5.92 Å². The van der Waals surface area contributed by atoms with Crippen LogP contribution in [0.4, 0.5) is 0 Å². The van der Waals surface area contributed by atoms with Crippen molar-refractivity contribution in [2.24, 2.45) is 17.8 Å². The standard InChI is InChI=1S/C40H75NO2/c1-6-9-12-15-18-21-24-27-32-37(33-28-25-22-19-16-13-10-7-2)38(34-29-26-23-20-17-14-11-8-3)39(40(42)43)35-30-31-36-41(4)5/h18-23,37-39H,6-17,24-36H2,1-5H3,(H,42,43)/b21-18-,22-19-,23-20-. The number of carbonyl (C=O) groups is 1. The molecule has 0 aliphatic rings. The number of carboxylic acids is 1. The number of hydrogen-bond acceptors (Lipinski definition) is 2. The lowest BCUT2D eigenvalue weighted by Crippen LogP contribution is -2.30. The molecule has 0 heterocycles. The van der Waals surface area contributed by atoms with Crippen LogP contribution in [0.5, 0.6) is 0 Å². The fourth-order valence-corrected chi connectivity index (χ4v) is 6.36. The Hall–Kier alpha value is -1.35. The topological polar surface area (TPSA) is 40.5 Å². The molecule has 0 radical (unpaired) electrons. The van der Waals surface area contributed by atoms with Gasteiger partial charge >= 0.3 is 5.97 Å². The zero-order valence-electron chi connectivity index (χ0n) is 29.7. The van der Waals surface area contributed by atoms with E-state index in [1.54, 1.807) is 0 Å². The van der Waals surface area contributed by atoms with E-state index in [1.165, 1.54) is 103 Å². The third-order valence-corrected chi connectivity index (χ3v) is 9.03. The Kier molecular flexibility index (Phi) is 31.0. The van der Waals surface area contributed by atoms with Crippen molar-refractivity contribution in [2.75, 3.05) is 20.6 Å². The van der Waals surface area contributed by atoms with E-state index >= 15 is 0 Å². The van der Waals surface area contributed by atoms with Gasteiger partial charge in [-0.1, -0.05) is 102 Å². The molecule has 2 atom stereocenters. The van der Waals surface area contributed by atoms with Crippen LogP contribution in [0, 0.1) is 17.8 Å². The van der Waals surface area contributed by atoms with Gasteiger partial charge in [0, 0.05) is 0 Å². The molecule has 3 heteroatoms. The average molecular weight is 602 g/mol. The van der Waals surface area contributed by atoms with Crippen LogP contribution in [0.25, 0.3) is 0 Å². The fraction of sp³-hybridized carbons (Fsp3) is 0.825. The molecule has 0 aliphatic carbocycles. The largest absolute Gasteiger partial charge is 0.481 e. The number of carboxylic acid groups (broad SMARTS) is 1. The summed E-state index contributed by atoms with van der Waals surface area (Å²) in [7, 11) is 4.22. The van der Waals surface area contributed by atoms with Gasteiger partial charge in [0.15, 0.2) is 0 Å². The van der Waals surface area contributed by atoms with Crippen molar-refractivity contribution in [1.29, 1.82) is 0 Å². The molecule has 0 fully saturated rings. The molecule has 0 spiro atoms. The quantitative estimate of drug-likeness (QED) is 0.0616. The Morgan fingerprint density at radius 2 is 0.930 bits per heavy atom. The van der Waals surface area contributed by atoms with Crippen molar-refractivity contribution < 1.29 is 9.90 Å². The van der Waals surface area contributed by atoms with Crippen LogP contribution in [0.15, 0.2) is 36.5 Å². The van der Waals surface area contributed by atoms with Gasteiger partial charge in [-0.25, -0.2) is 0 Å². The molecule has 43 heavy (non-hydrogen) atoms. The monoisotopic (exact) mass is 602 g/mol. The second kappa shape index (κ2) is 32.1. The second-order valence-corrected chi connectivity index (χ2v) is 13.4. The Balaban J connectivity index is 5.46. The van der Waals surface area contributed by atoms with Gasteiger partial charge in [0.2, 0.25) is 0 Å². The van der Waals surface area contributed by atoms with Gasteiger partial charge in [-0.15, -0.1) is 0 Å². The van der Waals surface area contributed by atoms with E-state index in [0.717, 1.165) is 57.9 Å². The first-order valence-corrected chi connectivity index (χ1v) is 18.8. The van der Waals surface area contributed by atoms with Crippen LogP contribution >= 0.6 is 0 Å². The molecule has 0 aliphatic heterocycles. The first-order valence-electron chi connectivity index (χ1n) is 18.8. The van der Waals surface area contributed by atoms with Crippen molar-refractivity contribution >= 4 is 5.97 Å². The minimum atomic E-state index is -0.554. The molecule has 0 saturated carbocycles. The van der Waals surface area contributed by atoms with Gasteiger partial charge < -0.3 is 10.0 Å². The minimum absolute atomic E-state index is 0.213. The van der Waals surface area contributed by atoms with E-state index < -0.39 is 5.97 Å². The van der Waals surface area contributed by atoms with Crippen molar-refractivity contribution in [2.45, 2.75) is 175 Å². The van der Waals surface area contributed by atoms with Gasteiger partial charge in [-0.2, -0.15) is 0 Å². The van der Waals surface area contributed by atoms with E-state index in [9.17, 15) is 9.90 Å². The minimum Gasteiger partial charge on any atom is -0.481 e. The number of unbranched alkanes of at least 4 members (excludes halogenated alkanes) is 13. The third-order valence-electron chi connectivity index (χ3n) is 9.03. The normalized spacial score (nSPS) is 13.8. The number of nitrogens with zero attached hydrogens (tertiary/aromatic N) is 1. The highest BCUT2D eigenvalue weighted by Gasteiger charge is 2.33. The Morgan fingerprint density at radius 3 is 1.30 bits per heavy atom. The number of aliphatic carboxylic acids is 1. The van der Waals surface area contributed by atoms with E-state index in [4.69, 9.17) is 0 Å². The summed E-state index contributed by atoms with van der Waals surface area (Å²) in [5.74, 6) is 0.0225. The van der Waals surface area contributed by atoms with Gasteiger partial charge in [0.1, 0.15) is 0 Å². The molecular weight excluding hydrogens is 526 g/mol. The molecule has 0 rings (SSSR count). The maximum atomic E-state index is 12.8. The predicted molar refractivity (Wildman–Crippen MR) is 192 cm³/mol. The molecule has 0 aromatic heterocycles. The highest BCUT2D eigenvalue weighted by molar-refractivity contribution is 5.70. The van der Waals surface area contributed by atoms with E-state index in [-0.39, 0.29) is 11.8 Å². The molecule has 0 amide bonds. The summed E-state index contributed by atoms with van der Waals surface area (Å²) >= 11 is 0. The summed E-state index contributed by atoms with van der Waals surface area (Å²) in [4.78, 5) is 15.0. The van der Waals surface area contributed by atoms with Gasteiger partial charge in [0.25, 0.3) is 0 Å². The number of allylic oxidation sites excluding steroid dienone is 6. The number of hydrogen-bond donors (Lipinski definition) is 1. The van der Waals surface area contributed by atoms with Crippen LogP contribution in [-0.2, 0) is 4.79 Å². The Bertz CT molecular complexity index is 654. The zero-order valence-corrected chi connectivity index (χ0v) is 29.7. The molecule has 252 valence electrons. The first-order chi connectivity index (χ1) is 21.0. The van der Waals surface area contributed by atoms with Crippen LogP contribution in [0.2, 0.25) is 0 Å².